The van der Waals surface area contributed by atoms with E-state index >= 15 is 0 Å². The van der Waals surface area contributed by atoms with Crippen molar-refractivity contribution in [3.05, 3.63) is 59.8 Å². The molecule has 4 N–H and O–H groups in total. The first-order chi connectivity index (χ1) is 11.1. The first-order valence-corrected chi connectivity index (χ1v) is 7.08. The van der Waals surface area contributed by atoms with Crippen molar-refractivity contribution in [2.24, 2.45) is 11.0 Å². The standard InChI is InChI=1S/C16H20N6O/c1-19-14-10-6-9-13(20-14)11-23-21-15(16(17)22(2)18)12-7-4-3-5-8-12/h3-10,17H,11,18H2,1-2H3,(H,19,20)/b17-16?,21-15-. The Morgan fingerprint density at radius 2 is 2.00 bits per heavy atom. The van der Waals surface area contributed by atoms with Crippen LogP contribution < -0.4 is 11.2 Å². The highest BCUT2D eigenvalue weighted by Gasteiger charge is 2.13. The van der Waals surface area contributed by atoms with Crippen molar-refractivity contribution in [2.45, 2.75) is 6.61 Å². The maximum atomic E-state index is 8.05. The van der Waals surface area contributed by atoms with Crippen molar-refractivity contribution < 1.29 is 4.84 Å². The molecule has 2 aromatic rings. The zero-order valence-corrected chi connectivity index (χ0v) is 13.2. The molecule has 7 nitrogen and oxygen atoms in total. The van der Waals surface area contributed by atoms with Gasteiger partial charge in [-0.15, -0.1) is 0 Å². The molecule has 7 heteroatoms. The third kappa shape index (κ3) is 4.52. The molecule has 1 heterocycles. The summed E-state index contributed by atoms with van der Waals surface area (Å²) in [5.74, 6) is 6.47. The van der Waals surface area contributed by atoms with Gasteiger partial charge < -0.3 is 10.2 Å². The Morgan fingerprint density at radius 1 is 1.26 bits per heavy atom. The Labute approximate surface area is 135 Å². The molecule has 0 radical (unpaired) electrons. The normalized spacial score (nSPS) is 11.0. The van der Waals surface area contributed by atoms with E-state index in [1.807, 2.05) is 48.5 Å². The van der Waals surface area contributed by atoms with Crippen molar-refractivity contribution in [1.82, 2.24) is 9.99 Å². The van der Waals surface area contributed by atoms with Crippen molar-refractivity contribution in [3.63, 3.8) is 0 Å². The summed E-state index contributed by atoms with van der Waals surface area (Å²) in [4.78, 5) is 9.73. The molecular weight excluding hydrogens is 292 g/mol. The summed E-state index contributed by atoms with van der Waals surface area (Å²) in [6.07, 6.45) is 0. The van der Waals surface area contributed by atoms with E-state index in [9.17, 15) is 0 Å². The van der Waals surface area contributed by atoms with Gasteiger partial charge in [0.15, 0.2) is 18.2 Å². The Morgan fingerprint density at radius 3 is 2.65 bits per heavy atom. The van der Waals surface area contributed by atoms with Crippen LogP contribution in [0.5, 0.6) is 0 Å². The summed E-state index contributed by atoms with van der Waals surface area (Å²) in [7, 11) is 3.38. The van der Waals surface area contributed by atoms with Crippen LogP contribution in [0.25, 0.3) is 0 Å². The van der Waals surface area contributed by atoms with Crippen LogP contribution in [0.1, 0.15) is 11.3 Å². The van der Waals surface area contributed by atoms with E-state index in [0.717, 1.165) is 17.1 Å². The Kier molecular flexibility index (Phi) is 5.65. The molecule has 0 unspecified atom stereocenters. The highest BCUT2D eigenvalue weighted by Crippen LogP contribution is 2.07. The number of oxime groups is 1. The zero-order valence-electron chi connectivity index (χ0n) is 13.2. The summed E-state index contributed by atoms with van der Waals surface area (Å²) in [6.45, 7) is 0.202. The van der Waals surface area contributed by atoms with Crippen molar-refractivity contribution in [1.29, 1.82) is 5.41 Å². The fourth-order valence-electron chi connectivity index (χ4n) is 1.86. The minimum absolute atomic E-state index is 0.0631. The van der Waals surface area contributed by atoms with Gasteiger partial charge in [-0.25, -0.2) is 10.8 Å². The van der Waals surface area contributed by atoms with Crippen LogP contribution in [-0.4, -0.2) is 35.6 Å². The van der Waals surface area contributed by atoms with Crippen LogP contribution in [0.15, 0.2) is 53.7 Å². The quantitative estimate of drug-likeness (QED) is 0.327. The van der Waals surface area contributed by atoms with Crippen LogP contribution in [0, 0.1) is 5.41 Å². The van der Waals surface area contributed by atoms with Gasteiger partial charge in [-0.1, -0.05) is 41.6 Å². The van der Waals surface area contributed by atoms with Gasteiger partial charge in [-0.2, -0.15) is 0 Å². The van der Waals surface area contributed by atoms with Gasteiger partial charge in [0.2, 0.25) is 0 Å². The molecule has 1 aromatic heterocycles. The van der Waals surface area contributed by atoms with E-state index in [2.05, 4.69) is 15.5 Å². The first-order valence-electron chi connectivity index (χ1n) is 7.08. The molecule has 0 spiro atoms. The largest absolute Gasteiger partial charge is 0.389 e. The van der Waals surface area contributed by atoms with Crippen LogP contribution in [0.2, 0.25) is 0 Å². The lowest BCUT2D eigenvalue weighted by molar-refractivity contribution is 0.128. The molecule has 0 fully saturated rings. The fraction of sp³-hybridized carbons (Fsp3) is 0.188. The van der Waals surface area contributed by atoms with Gasteiger partial charge in [-0.05, 0) is 12.1 Å². The summed E-state index contributed by atoms with van der Waals surface area (Å²) in [5, 5.41) is 16.3. The molecule has 0 aliphatic heterocycles. The first kappa shape index (κ1) is 16.4. The van der Waals surface area contributed by atoms with Crippen LogP contribution in [0.4, 0.5) is 5.82 Å². The fourth-order valence-corrected chi connectivity index (χ4v) is 1.86. The summed E-state index contributed by atoms with van der Waals surface area (Å²) in [6, 6.07) is 14.9. The smallest absolute Gasteiger partial charge is 0.165 e. The highest BCUT2D eigenvalue weighted by molar-refractivity contribution is 6.46. The second-order valence-electron chi connectivity index (χ2n) is 4.80. The number of hydrogen-bond acceptors (Lipinski definition) is 6. The SMILES string of the molecule is CNc1cccc(CO/N=C(\C(=N)N(C)N)c2ccccc2)n1. The average molecular weight is 312 g/mol. The topological polar surface area (TPSA) is 99.6 Å². The Bertz CT molecular complexity index is 684. The lowest BCUT2D eigenvalue weighted by Crippen LogP contribution is -2.38. The molecule has 0 saturated heterocycles. The third-order valence-electron chi connectivity index (χ3n) is 3.06. The van der Waals surface area contributed by atoms with E-state index in [0.29, 0.717) is 5.71 Å². The number of benzene rings is 1. The van der Waals surface area contributed by atoms with E-state index in [1.54, 1.807) is 14.1 Å². The third-order valence-corrected chi connectivity index (χ3v) is 3.06. The number of likely N-dealkylation sites (N-methyl/N-ethyl adjacent to an activating group) is 1. The van der Waals surface area contributed by atoms with E-state index in [1.165, 1.54) is 5.01 Å². The molecule has 0 bridgehead atoms. The molecule has 120 valence electrons. The van der Waals surface area contributed by atoms with Crippen molar-refractivity contribution in [3.8, 4) is 0 Å². The minimum Gasteiger partial charge on any atom is -0.389 e. The maximum absolute atomic E-state index is 8.05. The van der Waals surface area contributed by atoms with Gasteiger partial charge in [0.25, 0.3) is 0 Å². The van der Waals surface area contributed by atoms with Gasteiger partial charge in [0.05, 0.1) is 5.69 Å². The van der Waals surface area contributed by atoms with Crippen LogP contribution >= 0.6 is 0 Å². The predicted molar refractivity (Wildman–Crippen MR) is 91.2 cm³/mol. The zero-order chi connectivity index (χ0) is 16.7. The second kappa shape index (κ2) is 7.90. The molecular formula is C16H20N6O. The molecule has 0 aliphatic carbocycles. The summed E-state index contributed by atoms with van der Waals surface area (Å²) in [5.41, 5.74) is 1.85. The molecule has 0 amide bonds. The van der Waals surface area contributed by atoms with E-state index in [-0.39, 0.29) is 12.4 Å². The molecule has 0 aliphatic rings. The lowest BCUT2D eigenvalue weighted by atomic mass is 10.1. The van der Waals surface area contributed by atoms with Gasteiger partial charge in [0.1, 0.15) is 5.82 Å². The van der Waals surface area contributed by atoms with Crippen LogP contribution in [0.3, 0.4) is 0 Å². The number of rotatable bonds is 6. The predicted octanol–water partition coefficient (Wildman–Crippen LogP) is 1.83. The number of anilines is 1. The second-order valence-corrected chi connectivity index (χ2v) is 4.80. The highest BCUT2D eigenvalue weighted by atomic mass is 16.6. The van der Waals surface area contributed by atoms with Gasteiger partial charge >= 0.3 is 0 Å². The monoisotopic (exact) mass is 312 g/mol. The molecule has 0 atom stereocenters. The summed E-state index contributed by atoms with van der Waals surface area (Å²) < 4.78 is 0. The Balaban J connectivity index is 2.15. The van der Waals surface area contributed by atoms with Crippen molar-refractivity contribution in [2.75, 3.05) is 19.4 Å². The number of hydrazine groups is 1. The van der Waals surface area contributed by atoms with Gasteiger partial charge in [0, 0.05) is 19.7 Å². The molecule has 0 saturated carbocycles. The van der Waals surface area contributed by atoms with Gasteiger partial charge in [-0.3, -0.25) is 10.4 Å². The average Bonchev–Trinajstić information content (AvgIpc) is 2.59. The summed E-state index contributed by atoms with van der Waals surface area (Å²) >= 11 is 0. The van der Waals surface area contributed by atoms with Crippen molar-refractivity contribution >= 4 is 17.4 Å². The maximum Gasteiger partial charge on any atom is 0.165 e. The van der Waals surface area contributed by atoms with Crippen LogP contribution in [-0.2, 0) is 11.4 Å². The number of nitrogens with zero attached hydrogens (tertiary/aromatic N) is 3. The number of nitrogens with two attached hydrogens (primary N) is 1. The Hall–Kier alpha value is -2.93. The van der Waals surface area contributed by atoms with E-state index in [4.69, 9.17) is 16.1 Å². The number of hydrogen-bond donors (Lipinski definition) is 3. The lowest BCUT2D eigenvalue weighted by Gasteiger charge is -2.15. The number of amidine groups is 1. The number of nitrogens with one attached hydrogen (secondary N) is 2. The molecule has 1 aromatic carbocycles. The minimum atomic E-state index is 0.0631. The van der Waals surface area contributed by atoms with E-state index < -0.39 is 0 Å². The number of aromatic nitrogens is 1. The number of pyridine rings is 1. The molecule has 2 rings (SSSR count). The molecule has 23 heavy (non-hydrogen) atoms.